The van der Waals surface area contributed by atoms with Gasteiger partial charge in [0.15, 0.2) is 11.5 Å². The van der Waals surface area contributed by atoms with E-state index in [-0.39, 0.29) is 36.1 Å². The van der Waals surface area contributed by atoms with Gasteiger partial charge in [0.05, 0.1) is 20.8 Å². The molecule has 5 rings (SSSR count). The summed E-state index contributed by atoms with van der Waals surface area (Å²) in [6, 6.07) is 24.1. The Labute approximate surface area is 248 Å². The molecule has 1 fully saturated rings. The van der Waals surface area contributed by atoms with Crippen LogP contribution in [0.5, 0.6) is 11.5 Å². The van der Waals surface area contributed by atoms with Gasteiger partial charge >= 0.3 is 0 Å². The molecule has 7 nitrogen and oxygen atoms in total. The Morgan fingerprint density at radius 1 is 0.929 bits per heavy atom. The third-order valence-electron chi connectivity index (χ3n) is 8.06. The van der Waals surface area contributed by atoms with Crippen molar-refractivity contribution in [2.45, 2.75) is 39.2 Å². The van der Waals surface area contributed by atoms with E-state index in [9.17, 15) is 9.59 Å². The molecule has 1 heterocycles. The van der Waals surface area contributed by atoms with Crippen molar-refractivity contribution < 1.29 is 19.1 Å². The van der Waals surface area contributed by atoms with Gasteiger partial charge in [-0.15, -0.1) is 0 Å². The lowest BCUT2D eigenvalue weighted by Crippen LogP contribution is -2.45. The molecule has 7 heteroatoms. The van der Waals surface area contributed by atoms with Crippen molar-refractivity contribution in [3.63, 3.8) is 0 Å². The molecule has 1 saturated carbocycles. The number of methoxy groups -OCH3 is 2. The minimum atomic E-state index is -0.0653. The number of fused-ring (bicyclic) bond motifs is 1. The van der Waals surface area contributed by atoms with Crippen molar-refractivity contribution in [2.75, 3.05) is 33.9 Å². The van der Waals surface area contributed by atoms with Crippen molar-refractivity contribution in [2.24, 2.45) is 11.8 Å². The van der Waals surface area contributed by atoms with Gasteiger partial charge in [0.2, 0.25) is 11.8 Å². The van der Waals surface area contributed by atoms with E-state index in [1.165, 1.54) is 5.56 Å². The molecule has 1 aliphatic rings. The number of H-pyrrole nitrogens is 1. The van der Waals surface area contributed by atoms with Crippen LogP contribution in [0, 0.1) is 11.8 Å². The van der Waals surface area contributed by atoms with E-state index in [0.29, 0.717) is 37.6 Å². The van der Waals surface area contributed by atoms with Crippen LogP contribution >= 0.6 is 0 Å². The molecule has 0 radical (unpaired) electrons. The zero-order valence-corrected chi connectivity index (χ0v) is 25.0. The number of hydrogen-bond donors (Lipinski definition) is 1. The second-order valence-electron chi connectivity index (χ2n) is 11.6. The topological polar surface area (TPSA) is 74.9 Å². The lowest BCUT2D eigenvalue weighted by atomic mass is 10.1. The fourth-order valence-electron chi connectivity index (χ4n) is 5.79. The highest BCUT2D eigenvalue weighted by Crippen LogP contribution is 2.48. The molecule has 220 valence electrons. The van der Waals surface area contributed by atoms with E-state index in [1.807, 2.05) is 59.6 Å². The predicted octanol–water partition coefficient (Wildman–Crippen LogP) is 6.04. The van der Waals surface area contributed by atoms with E-state index in [4.69, 9.17) is 9.47 Å². The van der Waals surface area contributed by atoms with Crippen molar-refractivity contribution in [1.29, 1.82) is 0 Å². The van der Waals surface area contributed by atoms with Crippen LogP contribution in [-0.2, 0) is 22.6 Å². The first-order valence-electron chi connectivity index (χ1n) is 14.7. The average Bonchev–Trinajstić information content (AvgIpc) is 3.71. The van der Waals surface area contributed by atoms with Crippen LogP contribution in [0.1, 0.15) is 42.9 Å². The molecule has 0 spiro atoms. The maximum Gasteiger partial charge on any atom is 0.242 e. The quantitative estimate of drug-likeness (QED) is 0.214. The third kappa shape index (κ3) is 6.78. The molecule has 2 amide bonds. The van der Waals surface area contributed by atoms with Crippen LogP contribution in [-0.4, -0.2) is 60.5 Å². The number of para-hydroxylation sites is 1. The molecule has 1 unspecified atom stereocenters. The number of nitrogens with one attached hydrogen (secondary N) is 1. The summed E-state index contributed by atoms with van der Waals surface area (Å²) >= 11 is 0. The maximum absolute atomic E-state index is 14.0. The zero-order valence-electron chi connectivity index (χ0n) is 25.0. The van der Waals surface area contributed by atoms with Crippen molar-refractivity contribution in [1.82, 2.24) is 14.8 Å². The fourth-order valence-corrected chi connectivity index (χ4v) is 5.79. The molecule has 1 aromatic heterocycles. The second-order valence-corrected chi connectivity index (χ2v) is 11.6. The Morgan fingerprint density at radius 3 is 2.40 bits per heavy atom. The van der Waals surface area contributed by atoms with Gasteiger partial charge in [-0.05, 0) is 59.6 Å². The monoisotopic (exact) mass is 567 g/mol. The maximum atomic E-state index is 14.0. The first-order chi connectivity index (χ1) is 20.4. The van der Waals surface area contributed by atoms with E-state index in [0.717, 1.165) is 28.5 Å². The third-order valence-corrected chi connectivity index (χ3v) is 8.06. The minimum absolute atomic E-state index is 0.0597. The summed E-state index contributed by atoms with van der Waals surface area (Å²) in [6.45, 7) is 5.72. The molecule has 4 aromatic rings. The SMILES string of the molecule is COc1ccc(CN(CCc2c[nH]c3ccccc23)C(=O)CN(CC(C)C)C(=O)C2C[C@H]2c2ccccc2)cc1OC. The number of benzene rings is 3. The predicted molar refractivity (Wildman–Crippen MR) is 166 cm³/mol. The molecule has 1 N–H and O–H groups in total. The molecular weight excluding hydrogens is 526 g/mol. The number of aromatic amines is 1. The Morgan fingerprint density at radius 2 is 1.67 bits per heavy atom. The summed E-state index contributed by atoms with van der Waals surface area (Å²) in [6.07, 6.45) is 3.55. The lowest BCUT2D eigenvalue weighted by molar-refractivity contribution is -0.142. The van der Waals surface area contributed by atoms with Gasteiger partial charge in [-0.1, -0.05) is 68.4 Å². The largest absolute Gasteiger partial charge is 0.493 e. The van der Waals surface area contributed by atoms with Crippen LogP contribution in [0.15, 0.2) is 79.0 Å². The van der Waals surface area contributed by atoms with Crippen LogP contribution in [0.3, 0.4) is 0 Å². The van der Waals surface area contributed by atoms with Crippen molar-refractivity contribution >= 4 is 22.7 Å². The molecule has 0 aliphatic heterocycles. The number of carbonyl (C=O) groups is 2. The van der Waals surface area contributed by atoms with Gasteiger partial charge in [-0.3, -0.25) is 9.59 Å². The number of rotatable bonds is 13. The van der Waals surface area contributed by atoms with E-state index in [2.05, 4.69) is 43.1 Å². The molecular formula is C35H41N3O4. The lowest BCUT2D eigenvalue weighted by Gasteiger charge is -2.29. The smallest absolute Gasteiger partial charge is 0.242 e. The van der Waals surface area contributed by atoms with Crippen molar-refractivity contribution in [3.05, 3.63) is 95.7 Å². The second kappa shape index (κ2) is 13.1. The van der Waals surface area contributed by atoms with E-state index >= 15 is 0 Å². The highest BCUT2D eigenvalue weighted by atomic mass is 16.5. The Bertz CT molecular complexity index is 1510. The zero-order chi connectivity index (χ0) is 29.6. The number of aromatic nitrogens is 1. The summed E-state index contributed by atoms with van der Waals surface area (Å²) in [5, 5.41) is 1.16. The number of amides is 2. The summed E-state index contributed by atoms with van der Waals surface area (Å²) in [7, 11) is 3.22. The Balaban J connectivity index is 1.35. The number of carbonyl (C=O) groups excluding carboxylic acids is 2. The average molecular weight is 568 g/mol. The highest BCUT2D eigenvalue weighted by molar-refractivity contribution is 5.88. The van der Waals surface area contributed by atoms with Crippen LogP contribution < -0.4 is 9.47 Å². The fraction of sp³-hybridized carbons (Fsp3) is 0.371. The minimum Gasteiger partial charge on any atom is -0.493 e. The van der Waals surface area contributed by atoms with Crippen LogP contribution in [0.4, 0.5) is 0 Å². The number of ether oxygens (including phenoxy) is 2. The first-order valence-corrected chi connectivity index (χ1v) is 14.7. The summed E-state index contributed by atoms with van der Waals surface area (Å²) < 4.78 is 10.9. The molecule has 42 heavy (non-hydrogen) atoms. The molecule has 0 saturated heterocycles. The van der Waals surface area contributed by atoms with Crippen LogP contribution in [0.2, 0.25) is 0 Å². The van der Waals surface area contributed by atoms with Gasteiger partial charge in [0, 0.05) is 42.7 Å². The Kier molecular flexibility index (Phi) is 9.15. The van der Waals surface area contributed by atoms with Gasteiger partial charge in [-0.25, -0.2) is 0 Å². The molecule has 3 aromatic carbocycles. The summed E-state index contributed by atoms with van der Waals surface area (Å²) in [5.74, 6) is 1.70. The Hall–Kier alpha value is -4.26. The number of hydrogen-bond acceptors (Lipinski definition) is 4. The van der Waals surface area contributed by atoms with Gasteiger partial charge < -0.3 is 24.3 Å². The van der Waals surface area contributed by atoms with Gasteiger partial charge in [0.25, 0.3) is 0 Å². The molecule has 0 bridgehead atoms. The van der Waals surface area contributed by atoms with E-state index < -0.39 is 0 Å². The normalized spacial score (nSPS) is 15.9. The highest BCUT2D eigenvalue weighted by Gasteiger charge is 2.46. The van der Waals surface area contributed by atoms with Crippen LogP contribution in [0.25, 0.3) is 10.9 Å². The molecule has 1 aliphatic carbocycles. The van der Waals surface area contributed by atoms with Gasteiger partial charge in [0.1, 0.15) is 0 Å². The standard InChI is InChI=1S/C35H41N3O4/c1-24(2)21-38(35(40)30-19-29(30)26-10-6-5-7-11-26)23-34(39)37(22-25-14-15-32(41-3)33(18-25)42-4)17-16-27-20-36-31-13-9-8-12-28(27)31/h5-15,18,20,24,29-30,36H,16-17,19,21-23H2,1-4H3/t29-,30?/m0/s1. The summed E-state index contributed by atoms with van der Waals surface area (Å²) in [4.78, 5) is 34.7. The first kappa shape index (κ1) is 29.2. The van der Waals surface area contributed by atoms with Crippen molar-refractivity contribution in [3.8, 4) is 11.5 Å². The van der Waals surface area contributed by atoms with Gasteiger partial charge in [-0.2, -0.15) is 0 Å². The number of nitrogens with zero attached hydrogens (tertiary/aromatic N) is 2. The summed E-state index contributed by atoms with van der Waals surface area (Å²) in [5.41, 5.74) is 4.37. The van der Waals surface area contributed by atoms with E-state index in [1.54, 1.807) is 19.1 Å². The molecule has 2 atom stereocenters.